The van der Waals surface area contributed by atoms with E-state index in [1.165, 1.54) is 6.08 Å². The Bertz CT molecular complexity index is 282. The molecule has 0 aliphatic carbocycles. The van der Waals surface area contributed by atoms with Crippen LogP contribution in [0.3, 0.4) is 0 Å². The van der Waals surface area contributed by atoms with Crippen molar-refractivity contribution < 1.29 is 19.1 Å². The first-order chi connectivity index (χ1) is 7.53. The summed E-state index contributed by atoms with van der Waals surface area (Å²) in [5.41, 5.74) is 0. The molecular formula is C12H16O4. The Hall–Kier alpha value is -1.84. The molecule has 0 amide bonds. The fraction of sp³-hybridized carbons (Fsp3) is 0.333. The molecule has 4 heteroatoms. The van der Waals surface area contributed by atoms with Gasteiger partial charge in [-0.05, 0) is 12.5 Å². The van der Waals surface area contributed by atoms with Crippen LogP contribution in [0.25, 0.3) is 0 Å². The fourth-order valence-electron chi connectivity index (χ4n) is 1.08. The SMILES string of the molecule is C=CC(=O)OC(C=C)(CCC)OC(=O)C=C. The lowest BCUT2D eigenvalue weighted by Gasteiger charge is -2.28. The van der Waals surface area contributed by atoms with Gasteiger partial charge in [0.25, 0.3) is 5.79 Å². The second-order valence-corrected chi connectivity index (χ2v) is 3.02. The van der Waals surface area contributed by atoms with E-state index in [9.17, 15) is 9.59 Å². The number of rotatable bonds is 7. The third-order valence-corrected chi connectivity index (χ3v) is 1.79. The van der Waals surface area contributed by atoms with Crippen LogP contribution in [0.2, 0.25) is 0 Å². The van der Waals surface area contributed by atoms with Crippen molar-refractivity contribution in [3.05, 3.63) is 38.0 Å². The molecular weight excluding hydrogens is 208 g/mol. The van der Waals surface area contributed by atoms with E-state index in [1.54, 1.807) is 0 Å². The van der Waals surface area contributed by atoms with Gasteiger partial charge in [0.15, 0.2) is 0 Å². The van der Waals surface area contributed by atoms with Crippen molar-refractivity contribution in [1.82, 2.24) is 0 Å². The van der Waals surface area contributed by atoms with Crippen LogP contribution in [0, 0.1) is 0 Å². The number of carbonyl (C=O) groups is 2. The topological polar surface area (TPSA) is 52.6 Å². The Morgan fingerprint density at radius 3 is 1.81 bits per heavy atom. The lowest BCUT2D eigenvalue weighted by molar-refractivity contribution is -0.206. The molecule has 0 aromatic rings. The fourth-order valence-corrected chi connectivity index (χ4v) is 1.08. The molecule has 0 aliphatic rings. The monoisotopic (exact) mass is 224 g/mol. The van der Waals surface area contributed by atoms with Crippen molar-refractivity contribution >= 4 is 11.9 Å². The van der Waals surface area contributed by atoms with Crippen LogP contribution in [0.15, 0.2) is 38.0 Å². The average Bonchev–Trinajstić information content (AvgIpc) is 2.28. The van der Waals surface area contributed by atoms with Crippen molar-refractivity contribution in [2.45, 2.75) is 25.6 Å². The molecule has 0 N–H and O–H groups in total. The Balaban J connectivity index is 4.89. The Morgan fingerprint density at radius 2 is 1.56 bits per heavy atom. The van der Waals surface area contributed by atoms with Crippen LogP contribution in [-0.2, 0) is 19.1 Å². The van der Waals surface area contributed by atoms with E-state index < -0.39 is 17.7 Å². The Kier molecular flexibility index (Phi) is 5.85. The molecule has 0 aromatic carbocycles. The quantitative estimate of drug-likeness (QED) is 0.288. The molecule has 0 aromatic heterocycles. The number of hydrogen-bond acceptors (Lipinski definition) is 4. The summed E-state index contributed by atoms with van der Waals surface area (Å²) in [6.45, 7) is 11.9. The summed E-state index contributed by atoms with van der Waals surface area (Å²) in [5, 5.41) is 0. The van der Waals surface area contributed by atoms with Crippen LogP contribution in [0.1, 0.15) is 19.8 Å². The first kappa shape index (κ1) is 14.2. The standard InChI is InChI=1S/C12H16O4/c1-5-9-12(8-4,15-10(13)6-2)16-11(14)7-3/h6-8H,2-5,9H2,1H3. The molecule has 0 aliphatic heterocycles. The summed E-state index contributed by atoms with van der Waals surface area (Å²) in [7, 11) is 0. The summed E-state index contributed by atoms with van der Waals surface area (Å²) in [4.78, 5) is 22.3. The largest absolute Gasteiger partial charge is 0.415 e. The third kappa shape index (κ3) is 4.13. The molecule has 4 nitrogen and oxygen atoms in total. The lowest BCUT2D eigenvalue weighted by atomic mass is 10.1. The van der Waals surface area contributed by atoms with Crippen molar-refractivity contribution in [3.63, 3.8) is 0 Å². The molecule has 0 bridgehead atoms. The van der Waals surface area contributed by atoms with Gasteiger partial charge in [0, 0.05) is 18.6 Å². The van der Waals surface area contributed by atoms with Crippen LogP contribution < -0.4 is 0 Å². The van der Waals surface area contributed by atoms with Crippen molar-refractivity contribution in [2.24, 2.45) is 0 Å². The molecule has 0 radical (unpaired) electrons. The average molecular weight is 224 g/mol. The predicted molar refractivity (Wildman–Crippen MR) is 60.4 cm³/mol. The second-order valence-electron chi connectivity index (χ2n) is 3.02. The van der Waals surface area contributed by atoms with E-state index in [4.69, 9.17) is 9.47 Å². The maximum atomic E-state index is 11.1. The van der Waals surface area contributed by atoms with E-state index in [0.29, 0.717) is 12.8 Å². The van der Waals surface area contributed by atoms with Crippen LogP contribution >= 0.6 is 0 Å². The second kappa shape index (κ2) is 6.61. The summed E-state index contributed by atoms with van der Waals surface area (Å²) in [5.74, 6) is -2.79. The number of ether oxygens (including phenoxy) is 2. The molecule has 0 saturated heterocycles. The summed E-state index contributed by atoms with van der Waals surface area (Å²) in [6.07, 6.45) is 4.25. The summed E-state index contributed by atoms with van der Waals surface area (Å²) < 4.78 is 9.97. The zero-order valence-electron chi connectivity index (χ0n) is 9.40. The van der Waals surface area contributed by atoms with Gasteiger partial charge < -0.3 is 9.47 Å². The Labute approximate surface area is 95.2 Å². The first-order valence-electron chi connectivity index (χ1n) is 4.88. The molecule has 0 fully saturated rings. The minimum atomic E-state index is -1.44. The minimum absolute atomic E-state index is 0.329. The van der Waals surface area contributed by atoms with Gasteiger partial charge in [-0.2, -0.15) is 0 Å². The first-order valence-corrected chi connectivity index (χ1v) is 4.88. The molecule has 0 spiro atoms. The molecule has 88 valence electrons. The van der Waals surface area contributed by atoms with Gasteiger partial charge in [0.1, 0.15) is 0 Å². The smallest absolute Gasteiger partial charge is 0.333 e. The molecule has 0 heterocycles. The van der Waals surface area contributed by atoms with E-state index in [2.05, 4.69) is 19.7 Å². The highest BCUT2D eigenvalue weighted by Crippen LogP contribution is 2.22. The molecule has 0 atom stereocenters. The highest BCUT2D eigenvalue weighted by molar-refractivity contribution is 5.83. The van der Waals surface area contributed by atoms with E-state index in [-0.39, 0.29) is 0 Å². The zero-order chi connectivity index (χ0) is 12.6. The minimum Gasteiger partial charge on any atom is -0.415 e. The van der Waals surface area contributed by atoms with Gasteiger partial charge in [-0.25, -0.2) is 9.59 Å². The van der Waals surface area contributed by atoms with Gasteiger partial charge in [-0.15, -0.1) is 0 Å². The molecule has 16 heavy (non-hydrogen) atoms. The van der Waals surface area contributed by atoms with Crippen LogP contribution in [0.5, 0.6) is 0 Å². The summed E-state index contributed by atoms with van der Waals surface area (Å²) in [6, 6.07) is 0. The molecule has 0 unspecified atom stereocenters. The molecule has 0 saturated carbocycles. The van der Waals surface area contributed by atoms with Crippen molar-refractivity contribution in [1.29, 1.82) is 0 Å². The lowest BCUT2D eigenvalue weighted by Crippen LogP contribution is -2.37. The van der Waals surface area contributed by atoms with E-state index in [0.717, 1.165) is 12.2 Å². The third-order valence-electron chi connectivity index (χ3n) is 1.79. The van der Waals surface area contributed by atoms with Crippen molar-refractivity contribution in [2.75, 3.05) is 0 Å². The van der Waals surface area contributed by atoms with Crippen LogP contribution in [0.4, 0.5) is 0 Å². The van der Waals surface area contributed by atoms with Gasteiger partial charge in [-0.3, -0.25) is 0 Å². The highest BCUT2D eigenvalue weighted by Gasteiger charge is 2.33. The maximum absolute atomic E-state index is 11.1. The summed E-state index contributed by atoms with van der Waals surface area (Å²) >= 11 is 0. The van der Waals surface area contributed by atoms with Gasteiger partial charge in [0.05, 0.1) is 0 Å². The van der Waals surface area contributed by atoms with Gasteiger partial charge in [0.2, 0.25) is 0 Å². The van der Waals surface area contributed by atoms with Gasteiger partial charge >= 0.3 is 11.9 Å². The normalized spacial score (nSPS) is 10.1. The Morgan fingerprint density at radius 1 is 1.12 bits per heavy atom. The van der Waals surface area contributed by atoms with Crippen LogP contribution in [-0.4, -0.2) is 17.7 Å². The van der Waals surface area contributed by atoms with E-state index in [1.807, 2.05) is 6.92 Å². The molecule has 0 rings (SSSR count). The predicted octanol–water partition coefficient (Wildman–Crippen LogP) is 2.13. The number of carbonyl (C=O) groups excluding carboxylic acids is 2. The number of esters is 2. The zero-order valence-corrected chi connectivity index (χ0v) is 9.40. The van der Waals surface area contributed by atoms with Crippen molar-refractivity contribution in [3.8, 4) is 0 Å². The maximum Gasteiger partial charge on any atom is 0.333 e. The van der Waals surface area contributed by atoms with Gasteiger partial charge in [-0.1, -0.05) is 26.7 Å². The highest BCUT2D eigenvalue weighted by atomic mass is 16.7. The van der Waals surface area contributed by atoms with E-state index >= 15 is 0 Å². The number of hydrogen-bond donors (Lipinski definition) is 0.